The van der Waals surface area contributed by atoms with Crippen molar-refractivity contribution >= 4 is 33.7 Å². The molecule has 0 saturated heterocycles. The number of fused-ring (bicyclic) bond motifs is 3. The molecule has 1 N–H and O–H groups in total. The zero-order valence-corrected chi connectivity index (χ0v) is 15.8. The molecule has 4 aromatic carbocycles. The number of ether oxygens (including phenoxy) is 2. The van der Waals surface area contributed by atoms with Crippen LogP contribution in [0.2, 0.25) is 0 Å². The summed E-state index contributed by atoms with van der Waals surface area (Å²) in [5, 5.41) is 8.80. The highest BCUT2D eigenvalue weighted by Gasteiger charge is 2.16. The first-order chi connectivity index (χ1) is 14.2. The molecule has 0 aliphatic carbocycles. The lowest BCUT2D eigenvalue weighted by atomic mass is 9.93. The monoisotopic (exact) mass is 382 g/mol. The van der Waals surface area contributed by atoms with Crippen molar-refractivity contribution in [1.29, 1.82) is 0 Å². The lowest BCUT2D eigenvalue weighted by Crippen LogP contribution is -2.17. The average Bonchev–Trinajstić information content (AvgIpc) is 3.24. The van der Waals surface area contributed by atoms with Gasteiger partial charge in [0.25, 0.3) is 5.91 Å². The van der Waals surface area contributed by atoms with Crippen LogP contribution >= 0.6 is 0 Å². The molecule has 142 valence electrons. The molecule has 5 nitrogen and oxygen atoms in total. The number of carbonyl (C=O) groups is 1. The Kier molecular flexibility index (Phi) is 4.13. The van der Waals surface area contributed by atoms with Crippen molar-refractivity contribution in [2.24, 2.45) is 5.10 Å². The second-order valence-electron chi connectivity index (χ2n) is 6.90. The van der Waals surface area contributed by atoms with Crippen molar-refractivity contribution in [3.8, 4) is 11.5 Å². The van der Waals surface area contributed by atoms with Gasteiger partial charge >= 0.3 is 0 Å². The van der Waals surface area contributed by atoms with Crippen LogP contribution in [0.4, 0.5) is 0 Å². The minimum Gasteiger partial charge on any atom is -0.454 e. The number of hydrogen-bond donors (Lipinski definition) is 1. The zero-order chi connectivity index (χ0) is 19.8. The van der Waals surface area contributed by atoms with Crippen LogP contribution in [0, 0.1) is 6.92 Å². The summed E-state index contributed by atoms with van der Waals surface area (Å²) in [6.07, 6.45) is 1.72. The fourth-order valence-corrected chi connectivity index (χ4v) is 3.78. The van der Waals surface area contributed by atoms with E-state index in [2.05, 4.69) is 41.7 Å². The van der Waals surface area contributed by atoms with Gasteiger partial charge in [-0.2, -0.15) is 5.10 Å². The second kappa shape index (κ2) is 6.95. The molecule has 0 spiro atoms. The van der Waals surface area contributed by atoms with Gasteiger partial charge in [-0.25, -0.2) is 5.43 Å². The first kappa shape index (κ1) is 17.3. The summed E-state index contributed by atoms with van der Waals surface area (Å²) in [7, 11) is 0. The van der Waals surface area contributed by atoms with Crippen molar-refractivity contribution in [1.82, 2.24) is 5.43 Å². The van der Waals surface area contributed by atoms with Gasteiger partial charge in [-0.3, -0.25) is 4.79 Å². The largest absolute Gasteiger partial charge is 0.454 e. The normalized spacial score (nSPS) is 12.7. The quantitative estimate of drug-likeness (QED) is 0.315. The van der Waals surface area contributed by atoms with Crippen LogP contribution in [-0.4, -0.2) is 18.9 Å². The number of carbonyl (C=O) groups excluding carboxylic acids is 1. The Morgan fingerprint density at radius 3 is 2.21 bits per heavy atom. The van der Waals surface area contributed by atoms with Crippen molar-refractivity contribution in [3.05, 3.63) is 83.4 Å². The standard InChI is InChI=1S/C24H18N2O3/c1-15-17-6-2-4-8-19(17)21(20-9-5-3-7-18(15)20)13-25-26-24(27)16-10-11-22-23(12-16)29-14-28-22/h2-13H,14H2,1H3,(H,26,27)/b25-13+. The molecular weight excluding hydrogens is 364 g/mol. The minimum atomic E-state index is -0.305. The molecule has 5 heteroatoms. The van der Waals surface area contributed by atoms with Gasteiger partial charge in [-0.15, -0.1) is 0 Å². The third-order valence-corrected chi connectivity index (χ3v) is 5.24. The average molecular weight is 382 g/mol. The lowest BCUT2D eigenvalue weighted by Gasteiger charge is -2.11. The van der Waals surface area contributed by atoms with E-state index < -0.39 is 0 Å². The highest BCUT2D eigenvalue weighted by atomic mass is 16.7. The number of aryl methyl sites for hydroxylation is 1. The zero-order valence-electron chi connectivity index (χ0n) is 15.8. The summed E-state index contributed by atoms with van der Waals surface area (Å²) in [6, 6.07) is 21.5. The molecule has 0 radical (unpaired) electrons. The van der Waals surface area contributed by atoms with Crippen molar-refractivity contribution < 1.29 is 14.3 Å². The van der Waals surface area contributed by atoms with Crippen molar-refractivity contribution in [2.75, 3.05) is 6.79 Å². The fraction of sp³-hybridized carbons (Fsp3) is 0.0833. The number of hydrogen-bond acceptors (Lipinski definition) is 4. The first-order valence-electron chi connectivity index (χ1n) is 9.35. The molecule has 1 heterocycles. The maximum absolute atomic E-state index is 12.5. The fourth-order valence-electron chi connectivity index (χ4n) is 3.78. The number of benzene rings is 4. The molecule has 1 aliphatic heterocycles. The van der Waals surface area contributed by atoms with Gasteiger partial charge in [-0.05, 0) is 52.2 Å². The predicted octanol–water partition coefficient (Wildman–Crippen LogP) is 4.79. The summed E-state index contributed by atoms with van der Waals surface area (Å²) < 4.78 is 10.6. The van der Waals surface area contributed by atoms with Crippen LogP contribution in [0.15, 0.2) is 71.8 Å². The molecule has 0 saturated carbocycles. The van der Waals surface area contributed by atoms with Crippen LogP contribution in [-0.2, 0) is 0 Å². The molecule has 5 rings (SSSR count). The summed E-state index contributed by atoms with van der Waals surface area (Å²) >= 11 is 0. The highest BCUT2D eigenvalue weighted by molar-refractivity contribution is 6.15. The molecule has 0 fully saturated rings. The van der Waals surface area contributed by atoms with E-state index >= 15 is 0 Å². The number of hydrazone groups is 1. The summed E-state index contributed by atoms with van der Waals surface area (Å²) in [5.74, 6) is 0.903. The van der Waals surface area contributed by atoms with Crippen LogP contribution in [0.5, 0.6) is 11.5 Å². The van der Waals surface area contributed by atoms with Gasteiger partial charge in [0.15, 0.2) is 11.5 Å². The van der Waals surface area contributed by atoms with Crippen LogP contribution in [0.1, 0.15) is 21.5 Å². The molecule has 29 heavy (non-hydrogen) atoms. The second-order valence-corrected chi connectivity index (χ2v) is 6.90. The maximum Gasteiger partial charge on any atom is 0.271 e. The summed E-state index contributed by atoms with van der Waals surface area (Å²) in [4.78, 5) is 12.5. The SMILES string of the molecule is Cc1c2ccccc2c(/C=N/NC(=O)c2ccc3c(c2)OCO3)c2ccccc12. The minimum absolute atomic E-state index is 0.173. The van der Waals surface area contributed by atoms with Crippen LogP contribution in [0.3, 0.4) is 0 Å². The third-order valence-electron chi connectivity index (χ3n) is 5.24. The summed E-state index contributed by atoms with van der Waals surface area (Å²) in [6.45, 7) is 2.30. The molecule has 4 aromatic rings. The number of nitrogens with zero attached hydrogens (tertiary/aromatic N) is 1. The number of amides is 1. The van der Waals surface area contributed by atoms with Crippen LogP contribution in [0.25, 0.3) is 21.5 Å². The van der Waals surface area contributed by atoms with Gasteiger partial charge in [0.2, 0.25) is 6.79 Å². The van der Waals surface area contributed by atoms with E-state index in [1.165, 1.54) is 16.3 Å². The Morgan fingerprint density at radius 1 is 0.897 bits per heavy atom. The molecule has 0 aromatic heterocycles. The Balaban J connectivity index is 1.50. The van der Waals surface area contributed by atoms with E-state index in [0.717, 1.165) is 16.3 Å². The van der Waals surface area contributed by atoms with Gasteiger partial charge in [-0.1, -0.05) is 48.5 Å². The maximum atomic E-state index is 12.5. The lowest BCUT2D eigenvalue weighted by molar-refractivity contribution is 0.0954. The van der Waals surface area contributed by atoms with Crippen molar-refractivity contribution in [2.45, 2.75) is 6.92 Å². The van der Waals surface area contributed by atoms with E-state index in [1.807, 2.05) is 24.3 Å². The van der Waals surface area contributed by atoms with Gasteiger partial charge in [0.05, 0.1) is 6.21 Å². The Morgan fingerprint density at radius 2 is 1.52 bits per heavy atom. The smallest absolute Gasteiger partial charge is 0.271 e. The molecule has 1 aliphatic rings. The van der Waals surface area contributed by atoms with Gasteiger partial charge in [0, 0.05) is 11.1 Å². The third kappa shape index (κ3) is 2.97. The molecule has 1 amide bonds. The topological polar surface area (TPSA) is 59.9 Å². The molecule has 0 atom stereocenters. The van der Waals surface area contributed by atoms with Gasteiger partial charge < -0.3 is 9.47 Å². The van der Waals surface area contributed by atoms with Gasteiger partial charge in [0.1, 0.15) is 0 Å². The molecular formula is C24H18N2O3. The first-order valence-corrected chi connectivity index (χ1v) is 9.35. The van der Waals surface area contributed by atoms with E-state index in [4.69, 9.17) is 9.47 Å². The van der Waals surface area contributed by atoms with Crippen LogP contribution < -0.4 is 14.9 Å². The Labute approximate surface area is 167 Å². The van der Waals surface area contributed by atoms with E-state index in [9.17, 15) is 4.79 Å². The molecule has 0 unspecified atom stereocenters. The van der Waals surface area contributed by atoms with Crippen molar-refractivity contribution in [3.63, 3.8) is 0 Å². The number of rotatable bonds is 3. The molecule has 0 bridgehead atoms. The summed E-state index contributed by atoms with van der Waals surface area (Å²) in [5.41, 5.74) is 5.29. The Bertz CT molecular complexity index is 1240. The highest BCUT2D eigenvalue weighted by Crippen LogP contribution is 2.33. The predicted molar refractivity (Wildman–Crippen MR) is 114 cm³/mol. The van der Waals surface area contributed by atoms with E-state index in [1.54, 1.807) is 24.4 Å². The van der Waals surface area contributed by atoms with E-state index in [0.29, 0.717) is 17.1 Å². The van der Waals surface area contributed by atoms with E-state index in [-0.39, 0.29) is 12.7 Å². The number of nitrogens with one attached hydrogen (secondary N) is 1. The Hall–Kier alpha value is -3.86.